The van der Waals surface area contributed by atoms with Gasteiger partial charge in [0.25, 0.3) is 0 Å². The Morgan fingerprint density at radius 3 is 2.33 bits per heavy atom. The summed E-state index contributed by atoms with van der Waals surface area (Å²) < 4.78 is 5.27. The van der Waals surface area contributed by atoms with E-state index in [1.165, 1.54) is 11.8 Å². The molecule has 2 aromatic carbocycles. The Morgan fingerprint density at radius 1 is 1.00 bits per heavy atom. The lowest BCUT2D eigenvalue weighted by atomic mass is 10.0. The predicted octanol–water partition coefficient (Wildman–Crippen LogP) is 4.56. The van der Waals surface area contributed by atoms with E-state index in [2.05, 4.69) is 13.8 Å². The van der Waals surface area contributed by atoms with Crippen LogP contribution in [0.3, 0.4) is 0 Å². The van der Waals surface area contributed by atoms with E-state index < -0.39 is 5.97 Å². The fourth-order valence-corrected chi connectivity index (χ4v) is 4.25. The van der Waals surface area contributed by atoms with Crippen molar-refractivity contribution in [1.82, 2.24) is 4.90 Å². The quantitative estimate of drug-likeness (QED) is 0.352. The standard InChI is InChI=1S/C24H27NO4S/c1-17(2)18-9-11-19(12-10-18)21(26)15-29-24(28)20-7-3-4-8-22(20)30-16-23(27)25-13-5-6-14-25/h3-4,7-12,17H,5-6,13-16H2,1-2H3. The van der Waals surface area contributed by atoms with Crippen molar-refractivity contribution in [1.29, 1.82) is 0 Å². The Kier molecular flexibility index (Phi) is 7.69. The molecule has 0 unspecified atom stereocenters. The van der Waals surface area contributed by atoms with Gasteiger partial charge in [0.05, 0.1) is 11.3 Å². The monoisotopic (exact) mass is 425 g/mol. The minimum atomic E-state index is -0.557. The minimum Gasteiger partial charge on any atom is -0.454 e. The predicted molar refractivity (Wildman–Crippen MR) is 118 cm³/mol. The van der Waals surface area contributed by atoms with Gasteiger partial charge in [-0.25, -0.2) is 4.79 Å². The molecular formula is C24H27NO4S. The summed E-state index contributed by atoms with van der Waals surface area (Å²) in [6, 6.07) is 14.4. The largest absolute Gasteiger partial charge is 0.454 e. The zero-order valence-corrected chi connectivity index (χ0v) is 18.2. The van der Waals surface area contributed by atoms with Crippen molar-refractivity contribution < 1.29 is 19.1 Å². The lowest BCUT2D eigenvalue weighted by Crippen LogP contribution is -2.29. The molecule has 30 heavy (non-hydrogen) atoms. The minimum absolute atomic E-state index is 0.0840. The summed E-state index contributed by atoms with van der Waals surface area (Å²) in [5.74, 6) is -0.0447. The number of likely N-dealkylation sites (tertiary alicyclic amines) is 1. The second-order valence-corrected chi connectivity index (χ2v) is 8.67. The first-order chi connectivity index (χ1) is 14.5. The second kappa shape index (κ2) is 10.4. The molecule has 1 aliphatic rings. The van der Waals surface area contributed by atoms with Gasteiger partial charge in [0, 0.05) is 23.5 Å². The third kappa shape index (κ3) is 5.72. The van der Waals surface area contributed by atoms with E-state index in [9.17, 15) is 14.4 Å². The molecule has 0 N–H and O–H groups in total. The van der Waals surface area contributed by atoms with Crippen LogP contribution in [-0.4, -0.2) is 48.0 Å². The van der Waals surface area contributed by atoms with Crippen molar-refractivity contribution in [2.45, 2.75) is 37.5 Å². The maximum atomic E-state index is 12.6. The number of carbonyl (C=O) groups excluding carboxylic acids is 3. The van der Waals surface area contributed by atoms with Crippen LogP contribution in [0.2, 0.25) is 0 Å². The molecule has 2 aromatic rings. The van der Waals surface area contributed by atoms with Gasteiger partial charge in [-0.3, -0.25) is 9.59 Å². The van der Waals surface area contributed by atoms with Crippen molar-refractivity contribution in [2.24, 2.45) is 0 Å². The van der Waals surface area contributed by atoms with Gasteiger partial charge in [-0.05, 0) is 36.5 Å². The first-order valence-corrected chi connectivity index (χ1v) is 11.2. The molecule has 0 atom stereocenters. The van der Waals surface area contributed by atoms with Crippen molar-refractivity contribution >= 4 is 29.4 Å². The second-order valence-electron chi connectivity index (χ2n) is 7.65. The van der Waals surface area contributed by atoms with E-state index in [-0.39, 0.29) is 24.1 Å². The maximum absolute atomic E-state index is 12.6. The summed E-state index contributed by atoms with van der Waals surface area (Å²) >= 11 is 1.33. The highest BCUT2D eigenvalue weighted by atomic mass is 32.2. The molecule has 3 rings (SSSR count). The molecule has 0 spiro atoms. The Balaban J connectivity index is 1.57. The van der Waals surface area contributed by atoms with Gasteiger partial charge >= 0.3 is 5.97 Å². The number of amides is 1. The Labute approximate surface area is 181 Å². The lowest BCUT2D eigenvalue weighted by Gasteiger charge is -2.15. The topological polar surface area (TPSA) is 63.7 Å². The van der Waals surface area contributed by atoms with Gasteiger partial charge in [-0.1, -0.05) is 50.2 Å². The summed E-state index contributed by atoms with van der Waals surface area (Å²) in [7, 11) is 0. The van der Waals surface area contributed by atoms with Crippen LogP contribution in [0, 0.1) is 0 Å². The van der Waals surface area contributed by atoms with Gasteiger partial charge in [0.1, 0.15) is 0 Å². The third-order valence-corrected chi connectivity index (χ3v) is 6.21. The smallest absolute Gasteiger partial charge is 0.339 e. The van der Waals surface area contributed by atoms with Gasteiger partial charge in [0.2, 0.25) is 5.91 Å². The lowest BCUT2D eigenvalue weighted by molar-refractivity contribution is -0.127. The van der Waals surface area contributed by atoms with Gasteiger partial charge < -0.3 is 9.64 Å². The van der Waals surface area contributed by atoms with Crippen LogP contribution in [0.4, 0.5) is 0 Å². The van der Waals surface area contributed by atoms with Crippen molar-refractivity contribution in [3.63, 3.8) is 0 Å². The molecule has 1 amide bonds. The van der Waals surface area contributed by atoms with Crippen LogP contribution in [0.15, 0.2) is 53.4 Å². The molecule has 1 aliphatic heterocycles. The van der Waals surface area contributed by atoms with Crippen LogP contribution < -0.4 is 0 Å². The summed E-state index contributed by atoms with van der Waals surface area (Å²) in [4.78, 5) is 39.8. The van der Waals surface area contributed by atoms with Crippen LogP contribution in [0.1, 0.15) is 58.9 Å². The van der Waals surface area contributed by atoms with E-state index in [1.807, 2.05) is 23.1 Å². The zero-order valence-electron chi connectivity index (χ0n) is 17.4. The molecule has 0 radical (unpaired) electrons. The fourth-order valence-electron chi connectivity index (χ4n) is 3.30. The Bertz CT molecular complexity index is 902. The maximum Gasteiger partial charge on any atom is 0.339 e. The summed E-state index contributed by atoms with van der Waals surface area (Å²) in [5, 5.41) is 0. The van der Waals surface area contributed by atoms with Crippen LogP contribution in [0.5, 0.6) is 0 Å². The number of Topliss-reactive ketones (excluding diaryl/α,β-unsaturated/α-hetero) is 1. The average molecular weight is 426 g/mol. The highest BCUT2D eigenvalue weighted by Gasteiger charge is 2.20. The number of rotatable bonds is 8. The molecule has 158 valence electrons. The number of hydrogen-bond acceptors (Lipinski definition) is 5. The Morgan fingerprint density at radius 2 is 1.67 bits per heavy atom. The first kappa shape index (κ1) is 22.1. The molecule has 1 saturated heterocycles. The zero-order chi connectivity index (χ0) is 21.5. The number of hydrogen-bond donors (Lipinski definition) is 0. The first-order valence-electron chi connectivity index (χ1n) is 10.3. The normalized spacial score (nSPS) is 13.5. The number of carbonyl (C=O) groups is 3. The summed E-state index contributed by atoms with van der Waals surface area (Å²) in [6.07, 6.45) is 2.10. The number of nitrogens with zero attached hydrogens (tertiary/aromatic N) is 1. The molecule has 6 heteroatoms. The molecule has 0 saturated carbocycles. The number of thioether (sulfide) groups is 1. The molecule has 1 fully saturated rings. The van der Waals surface area contributed by atoms with E-state index >= 15 is 0 Å². The van der Waals surface area contributed by atoms with Crippen LogP contribution >= 0.6 is 11.8 Å². The molecule has 5 nitrogen and oxygen atoms in total. The molecular weight excluding hydrogens is 398 g/mol. The number of ketones is 1. The SMILES string of the molecule is CC(C)c1ccc(C(=O)COC(=O)c2ccccc2SCC(=O)N2CCCC2)cc1. The van der Waals surface area contributed by atoms with Crippen molar-refractivity contribution in [3.8, 4) is 0 Å². The molecule has 0 aliphatic carbocycles. The summed E-state index contributed by atoms with van der Waals surface area (Å²) in [6.45, 7) is 5.48. The van der Waals surface area contributed by atoms with E-state index in [0.717, 1.165) is 31.5 Å². The van der Waals surface area contributed by atoms with E-state index in [4.69, 9.17) is 4.74 Å². The summed E-state index contributed by atoms with van der Waals surface area (Å²) in [5.41, 5.74) is 2.05. The van der Waals surface area contributed by atoms with E-state index in [1.54, 1.807) is 30.3 Å². The Hall–Kier alpha value is -2.60. The van der Waals surface area contributed by atoms with Crippen LogP contribution in [-0.2, 0) is 9.53 Å². The molecule has 0 bridgehead atoms. The van der Waals surface area contributed by atoms with Crippen molar-refractivity contribution in [2.75, 3.05) is 25.4 Å². The van der Waals surface area contributed by atoms with Gasteiger partial charge in [0.15, 0.2) is 12.4 Å². The highest BCUT2D eigenvalue weighted by Crippen LogP contribution is 2.24. The number of ether oxygens (including phenoxy) is 1. The number of esters is 1. The van der Waals surface area contributed by atoms with E-state index in [0.29, 0.717) is 21.9 Å². The highest BCUT2D eigenvalue weighted by molar-refractivity contribution is 8.00. The van der Waals surface area contributed by atoms with Crippen LogP contribution in [0.25, 0.3) is 0 Å². The molecule has 0 aromatic heterocycles. The fraction of sp³-hybridized carbons (Fsp3) is 0.375. The number of benzene rings is 2. The van der Waals surface area contributed by atoms with Gasteiger partial charge in [-0.2, -0.15) is 0 Å². The molecule has 1 heterocycles. The average Bonchev–Trinajstić information content (AvgIpc) is 3.31. The van der Waals surface area contributed by atoms with Gasteiger partial charge in [-0.15, -0.1) is 11.8 Å². The third-order valence-electron chi connectivity index (χ3n) is 5.15. The van der Waals surface area contributed by atoms with Crippen molar-refractivity contribution in [3.05, 3.63) is 65.2 Å².